The predicted molar refractivity (Wildman–Crippen MR) is 318 cm³/mol. The third kappa shape index (κ3) is 10.5. The molecule has 4 atom stereocenters. The van der Waals surface area contributed by atoms with Crippen molar-refractivity contribution in [3.05, 3.63) is 69.1 Å². The Labute approximate surface area is 430 Å². The summed E-state index contributed by atoms with van der Waals surface area (Å²) in [5.41, 5.74) is 3.30. The van der Waals surface area contributed by atoms with Crippen LogP contribution in [0.3, 0.4) is 0 Å². The van der Waals surface area contributed by atoms with Crippen molar-refractivity contribution in [1.29, 1.82) is 5.41 Å². The first-order chi connectivity index (χ1) is 32.6. The number of nitrogens with one attached hydrogen (secondary N) is 1. The Morgan fingerprint density at radius 1 is 0.522 bits per heavy atom. The molecule has 362 valence electrons. The molecule has 2 nitrogen and oxygen atoms in total. The molecule has 9 heteroatoms. The van der Waals surface area contributed by atoms with Gasteiger partial charge in [-0.05, 0) is 106 Å². The fourth-order valence-electron chi connectivity index (χ4n) is 12.3. The van der Waals surface area contributed by atoms with Crippen molar-refractivity contribution < 1.29 is 0 Å². The molecule has 0 amide bonds. The van der Waals surface area contributed by atoms with Crippen LogP contribution in [0.25, 0.3) is 42.8 Å². The lowest BCUT2D eigenvalue weighted by Gasteiger charge is -2.35. The summed E-state index contributed by atoms with van der Waals surface area (Å²) in [7, 11) is -4.34. The van der Waals surface area contributed by atoms with Crippen LogP contribution in [0.4, 0.5) is 0 Å². The molecule has 67 heavy (non-hydrogen) atoms. The van der Waals surface area contributed by atoms with Gasteiger partial charge in [0.1, 0.15) is 21.9 Å². The standard InChI is InChI=1S/C58H82N2S5Si2/c1-11-21-25-39(15-5)35-66(36-40(16-6)26-22-12-2)49-31-43(19-9)62-55(49)57-51(66)33-47(64-57)45-29-30-46(54(60-61)53(45)59)48-34-52-58(65-48)56-50(32-44(20-10)63-56)67(52,37-41(17-7)27-23-13-3)38-42(18-8)28-24-14-4/h19-20,29-34,39-42,59,61H,9-18,21-28,35-38H2,1-8H3/b59-53?,60-54-. The Balaban J connectivity index is 1.35. The fraction of sp³-hybridized carbons (Fsp3) is 0.552. The quantitative estimate of drug-likeness (QED) is 0.0323. The molecular weight excluding hydrogens is 941 g/mol. The van der Waals surface area contributed by atoms with Crippen molar-refractivity contribution in [3.8, 4) is 19.5 Å². The number of thiol groups is 1. The van der Waals surface area contributed by atoms with Crippen molar-refractivity contribution in [2.24, 2.45) is 28.1 Å². The third-order valence-electron chi connectivity index (χ3n) is 16.4. The first-order valence-electron chi connectivity index (χ1n) is 26.6. The molecule has 1 aliphatic carbocycles. The first-order valence-corrected chi connectivity index (χ1v) is 35.1. The molecule has 0 fully saturated rings. The molecule has 0 aromatic carbocycles. The number of unbranched alkanes of at least 4 members (excludes halogenated alkanes) is 4. The summed E-state index contributed by atoms with van der Waals surface area (Å²) in [5, 5.41) is 16.8. The van der Waals surface area contributed by atoms with Gasteiger partial charge in [0.15, 0.2) is 0 Å². The highest BCUT2D eigenvalue weighted by molar-refractivity contribution is 7.79. The minimum absolute atomic E-state index is 0.515. The van der Waals surface area contributed by atoms with Gasteiger partial charge in [0.25, 0.3) is 0 Å². The zero-order chi connectivity index (χ0) is 47.9. The molecule has 2 aliphatic heterocycles. The van der Waals surface area contributed by atoms with Crippen molar-refractivity contribution >= 4 is 130 Å². The third-order valence-corrected chi connectivity index (χ3v) is 33.0. The van der Waals surface area contributed by atoms with Crippen LogP contribution in [0.5, 0.6) is 0 Å². The molecule has 0 spiro atoms. The molecule has 0 bridgehead atoms. The maximum atomic E-state index is 10.0. The highest BCUT2D eigenvalue weighted by atomic mass is 32.1. The van der Waals surface area contributed by atoms with Gasteiger partial charge >= 0.3 is 0 Å². The largest absolute Gasteiger partial charge is 0.298 e. The number of thiophene rings is 4. The summed E-state index contributed by atoms with van der Waals surface area (Å²) in [6.07, 6.45) is 29.4. The van der Waals surface area contributed by atoms with Gasteiger partial charge in [-0.25, -0.2) is 4.40 Å². The molecule has 4 aromatic heterocycles. The van der Waals surface area contributed by atoms with E-state index in [0.29, 0.717) is 11.4 Å². The van der Waals surface area contributed by atoms with Crippen molar-refractivity contribution in [1.82, 2.24) is 0 Å². The minimum atomic E-state index is -2.17. The van der Waals surface area contributed by atoms with Gasteiger partial charge in [-0.2, -0.15) is 0 Å². The van der Waals surface area contributed by atoms with Gasteiger partial charge in [0.05, 0.1) is 5.71 Å². The zero-order valence-corrected chi connectivity index (χ0v) is 48.7. The van der Waals surface area contributed by atoms with Crippen LogP contribution in [0, 0.1) is 29.1 Å². The van der Waals surface area contributed by atoms with E-state index in [4.69, 9.17) is 17.2 Å². The Bertz CT molecular complexity index is 2410. The average Bonchev–Trinajstić information content (AvgIpc) is 4.21. The molecule has 4 aromatic rings. The molecular formula is C58H82N2S5Si2. The lowest BCUT2D eigenvalue weighted by Crippen LogP contribution is -2.56. The van der Waals surface area contributed by atoms with Crippen LogP contribution in [0.15, 0.2) is 54.0 Å². The summed E-state index contributed by atoms with van der Waals surface area (Å²) in [6, 6.07) is 15.7. The van der Waals surface area contributed by atoms with E-state index in [9.17, 15) is 5.41 Å². The number of allylic oxidation sites excluding steroid dienone is 4. The van der Waals surface area contributed by atoms with Crippen LogP contribution in [0.2, 0.25) is 24.2 Å². The Morgan fingerprint density at radius 2 is 0.851 bits per heavy atom. The topological polar surface area (TPSA) is 36.2 Å². The first kappa shape index (κ1) is 52.7. The lowest BCUT2D eigenvalue weighted by atomic mass is 9.92. The molecule has 6 heterocycles. The number of rotatable bonds is 28. The van der Waals surface area contributed by atoms with Gasteiger partial charge in [0.2, 0.25) is 0 Å². The van der Waals surface area contributed by atoms with E-state index in [1.54, 1.807) is 20.7 Å². The van der Waals surface area contributed by atoms with E-state index in [-0.39, 0.29) is 0 Å². The lowest BCUT2D eigenvalue weighted by molar-refractivity contribution is 0.469. The van der Waals surface area contributed by atoms with Gasteiger partial charge in [-0.15, -0.1) is 45.3 Å². The average molecular weight is 1020 g/mol. The monoisotopic (exact) mass is 1020 g/mol. The summed E-state index contributed by atoms with van der Waals surface area (Å²) < 4.78 is 4.72. The molecule has 0 saturated heterocycles. The number of nitrogens with zero attached hydrogens (tertiary/aromatic N) is 1. The second-order valence-corrected chi connectivity index (χ2v) is 33.1. The Kier molecular flexibility index (Phi) is 18.8. The van der Waals surface area contributed by atoms with E-state index in [0.717, 1.165) is 34.8 Å². The molecule has 3 aliphatic rings. The van der Waals surface area contributed by atoms with Crippen LogP contribution in [-0.4, -0.2) is 27.6 Å². The second-order valence-electron chi connectivity index (χ2n) is 20.5. The van der Waals surface area contributed by atoms with Gasteiger partial charge in [-0.1, -0.05) is 196 Å². The SMILES string of the molecule is C=Cc1cc2c(s1)-c1sc(C3=CC=C(c4cc5c(s4)-c4sc(C=C)cc4[Si]5(CC(CC)CCCC)CC(CC)CCCC)/C(=N/S)C3=N)cc1[Si]2(CC(CC)CCCC)CC(CC)CCCC. The Hall–Kier alpha value is -2.12. The summed E-state index contributed by atoms with van der Waals surface area (Å²) >= 11 is 12.6. The van der Waals surface area contributed by atoms with E-state index < -0.39 is 16.1 Å². The van der Waals surface area contributed by atoms with Crippen LogP contribution in [0.1, 0.15) is 178 Å². The van der Waals surface area contributed by atoms with Crippen molar-refractivity contribution in [2.45, 2.75) is 182 Å². The van der Waals surface area contributed by atoms with E-state index in [1.165, 1.54) is 166 Å². The minimum Gasteiger partial charge on any atom is -0.298 e. The van der Waals surface area contributed by atoms with Crippen LogP contribution < -0.4 is 20.7 Å². The van der Waals surface area contributed by atoms with Crippen molar-refractivity contribution in [3.63, 3.8) is 0 Å². The van der Waals surface area contributed by atoms with Gasteiger partial charge in [0, 0.05) is 50.2 Å². The number of fused-ring (bicyclic) bond motifs is 6. The smallest absolute Gasteiger partial charge is 0.122 e. The van der Waals surface area contributed by atoms with Gasteiger partial charge in [-0.3, -0.25) is 5.41 Å². The Morgan fingerprint density at radius 3 is 1.18 bits per heavy atom. The second kappa shape index (κ2) is 23.9. The van der Waals surface area contributed by atoms with Crippen LogP contribution >= 0.6 is 58.2 Å². The van der Waals surface area contributed by atoms with Crippen LogP contribution in [-0.2, 0) is 0 Å². The van der Waals surface area contributed by atoms with Crippen molar-refractivity contribution in [2.75, 3.05) is 0 Å². The molecule has 1 N–H and O–H groups in total. The van der Waals surface area contributed by atoms with Gasteiger partial charge < -0.3 is 0 Å². The molecule has 0 radical (unpaired) electrons. The molecule has 7 rings (SSSR count). The van der Waals surface area contributed by atoms with E-state index in [1.807, 2.05) is 45.3 Å². The zero-order valence-electron chi connectivity index (χ0n) is 42.5. The summed E-state index contributed by atoms with van der Waals surface area (Å²) in [5.74, 6) is 2.95. The highest BCUT2D eigenvalue weighted by Crippen LogP contribution is 2.50. The number of hydrogen-bond acceptors (Lipinski definition) is 7. The maximum absolute atomic E-state index is 10.0. The molecule has 0 saturated carbocycles. The summed E-state index contributed by atoms with van der Waals surface area (Å²) in [4.78, 5) is 11.1. The highest BCUT2D eigenvalue weighted by Gasteiger charge is 2.52. The summed E-state index contributed by atoms with van der Waals surface area (Å²) in [6.45, 7) is 27.8. The number of hydrogen-bond donors (Lipinski definition) is 2. The normalized spacial score (nSPS) is 20.9. The molecule has 4 unspecified atom stereocenters. The predicted octanol–water partition coefficient (Wildman–Crippen LogP) is 18.0. The van der Waals surface area contributed by atoms with E-state index in [2.05, 4.69) is 117 Å². The maximum Gasteiger partial charge on any atom is 0.122 e. The van der Waals surface area contributed by atoms with E-state index >= 15 is 0 Å². The fourth-order valence-corrected chi connectivity index (χ4v) is 33.1.